The molecule has 2 heterocycles. The standard InChI is InChI=1S/C13H20N4O4/c1-8-4-6-17(10(7-8)12(18)19)13(20)14-5-3-11-15-9(2)21-16-11/h8,10H,3-7H2,1-2H3,(H,14,20)(H,18,19). The lowest BCUT2D eigenvalue weighted by Gasteiger charge is -2.35. The normalized spacial score (nSPS) is 22.1. The van der Waals surface area contributed by atoms with E-state index in [2.05, 4.69) is 15.5 Å². The Morgan fingerprint density at radius 3 is 2.90 bits per heavy atom. The summed E-state index contributed by atoms with van der Waals surface area (Å²) in [5, 5.41) is 15.7. The number of hydrogen-bond acceptors (Lipinski definition) is 5. The molecule has 116 valence electrons. The van der Waals surface area contributed by atoms with Crippen LogP contribution in [-0.4, -0.2) is 51.3 Å². The Balaban J connectivity index is 1.85. The molecule has 2 N–H and O–H groups in total. The largest absolute Gasteiger partial charge is 0.480 e. The summed E-state index contributed by atoms with van der Waals surface area (Å²) < 4.78 is 4.84. The van der Waals surface area contributed by atoms with Crippen LogP contribution in [0.2, 0.25) is 0 Å². The van der Waals surface area contributed by atoms with Crippen LogP contribution in [0.25, 0.3) is 0 Å². The maximum absolute atomic E-state index is 12.1. The monoisotopic (exact) mass is 296 g/mol. The van der Waals surface area contributed by atoms with Crippen molar-refractivity contribution in [1.29, 1.82) is 0 Å². The van der Waals surface area contributed by atoms with E-state index in [4.69, 9.17) is 4.52 Å². The number of carboxylic acids is 1. The van der Waals surface area contributed by atoms with Gasteiger partial charge in [-0.15, -0.1) is 0 Å². The molecule has 0 aromatic carbocycles. The van der Waals surface area contributed by atoms with Crippen molar-refractivity contribution in [3.63, 3.8) is 0 Å². The number of likely N-dealkylation sites (tertiary alicyclic amines) is 1. The van der Waals surface area contributed by atoms with Gasteiger partial charge >= 0.3 is 12.0 Å². The van der Waals surface area contributed by atoms with Crippen molar-refractivity contribution >= 4 is 12.0 Å². The Morgan fingerprint density at radius 1 is 1.52 bits per heavy atom. The number of carbonyl (C=O) groups excluding carboxylic acids is 1. The third kappa shape index (κ3) is 3.93. The fraction of sp³-hybridized carbons (Fsp3) is 0.692. The molecule has 1 aliphatic rings. The SMILES string of the molecule is Cc1nc(CCNC(=O)N2CCC(C)CC2C(=O)O)no1. The van der Waals surface area contributed by atoms with Gasteiger partial charge in [0, 0.05) is 26.4 Å². The van der Waals surface area contributed by atoms with E-state index in [1.165, 1.54) is 4.90 Å². The first-order valence-electron chi connectivity index (χ1n) is 7.04. The highest BCUT2D eigenvalue weighted by atomic mass is 16.5. The number of aromatic nitrogens is 2. The van der Waals surface area contributed by atoms with Crippen LogP contribution in [0.5, 0.6) is 0 Å². The number of nitrogens with one attached hydrogen (secondary N) is 1. The van der Waals surface area contributed by atoms with E-state index in [0.717, 1.165) is 6.42 Å². The molecular formula is C13H20N4O4. The van der Waals surface area contributed by atoms with Gasteiger partial charge in [0.2, 0.25) is 5.89 Å². The van der Waals surface area contributed by atoms with E-state index in [1.807, 2.05) is 6.92 Å². The van der Waals surface area contributed by atoms with E-state index < -0.39 is 12.0 Å². The maximum atomic E-state index is 12.1. The van der Waals surface area contributed by atoms with Crippen molar-refractivity contribution in [1.82, 2.24) is 20.4 Å². The summed E-state index contributed by atoms with van der Waals surface area (Å²) in [5.74, 6) is 0.366. The molecule has 0 spiro atoms. The molecule has 1 saturated heterocycles. The highest BCUT2D eigenvalue weighted by Crippen LogP contribution is 2.22. The molecule has 21 heavy (non-hydrogen) atoms. The predicted molar refractivity (Wildman–Crippen MR) is 72.7 cm³/mol. The number of carboxylic acid groups (broad SMARTS) is 1. The molecule has 1 aliphatic heterocycles. The summed E-state index contributed by atoms with van der Waals surface area (Å²) in [7, 11) is 0. The summed E-state index contributed by atoms with van der Waals surface area (Å²) >= 11 is 0. The lowest BCUT2D eigenvalue weighted by atomic mass is 9.93. The van der Waals surface area contributed by atoms with Gasteiger partial charge in [0.25, 0.3) is 0 Å². The highest BCUT2D eigenvalue weighted by Gasteiger charge is 2.34. The first-order valence-corrected chi connectivity index (χ1v) is 7.04. The maximum Gasteiger partial charge on any atom is 0.326 e. The van der Waals surface area contributed by atoms with Crippen molar-refractivity contribution in [3.05, 3.63) is 11.7 Å². The van der Waals surface area contributed by atoms with E-state index in [0.29, 0.717) is 43.6 Å². The molecule has 8 heteroatoms. The summed E-state index contributed by atoms with van der Waals surface area (Å²) in [6.45, 7) is 4.51. The van der Waals surface area contributed by atoms with E-state index in [1.54, 1.807) is 6.92 Å². The summed E-state index contributed by atoms with van der Waals surface area (Å²) in [4.78, 5) is 28.8. The Labute approximate surface area is 122 Å². The fourth-order valence-electron chi connectivity index (χ4n) is 2.44. The van der Waals surface area contributed by atoms with Gasteiger partial charge in [0.05, 0.1) is 0 Å². The highest BCUT2D eigenvalue weighted by molar-refractivity contribution is 5.82. The van der Waals surface area contributed by atoms with E-state index >= 15 is 0 Å². The second-order valence-electron chi connectivity index (χ2n) is 5.39. The number of hydrogen-bond donors (Lipinski definition) is 2. The van der Waals surface area contributed by atoms with Crippen molar-refractivity contribution in [2.75, 3.05) is 13.1 Å². The molecular weight excluding hydrogens is 276 g/mol. The summed E-state index contributed by atoms with van der Waals surface area (Å²) in [5.41, 5.74) is 0. The quantitative estimate of drug-likeness (QED) is 0.851. The average Bonchev–Trinajstić information content (AvgIpc) is 2.84. The smallest absolute Gasteiger partial charge is 0.326 e. The van der Waals surface area contributed by atoms with Gasteiger partial charge in [-0.25, -0.2) is 9.59 Å². The number of aliphatic carboxylic acids is 1. The lowest BCUT2D eigenvalue weighted by Crippen LogP contribution is -2.53. The van der Waals surface area contributed by atoms with Crippen molar-refractivity contribution in [3.8, 4) is 0 Å². The van der Waals surface area contributed by atoms with Gasteiger partial charge in [-0.2, -0.15) is 4.98 Å². The van der Waals surface area contributed by atoms with Crippen LogP contribution in [-0.2, 0) is 11.2 Å². The average molecular weight is 296 g/mol. The summed E-state index contributed by atoms with van der Waals surface area (Å²) in [6.07, 6.45) is 1.76. The molecule has 1 fully saturated rings. The van der Waals surface area contributed by atoms with Gasteiger partial charge in [-0.1, -0.05) is 12.1 Å². The second kappa shape index (κ2) is 6.55. The Kier molecular flexibility index (Phi) is 4.77. The van der Waals surface area contributed by atoms with Crippen LogP contribution < -0.4 is 5.32 Å². The van der Waals surface area contributed by atoms with Gasteiger partial charge in [0.15, 0.2) is 5.82 Å². The van der Waals surface area contributed by atoms with Crippen molar-refractivity contribution in [2.24, 2.45) is 5.92 Å². The van der Waals surface area contributed by atoms with E-state index in [-0.39, 0.29) is 6.03 Å². The Bertz CT molecular complexity index is 516. The number of rotatable bonds is 4. The minimum absolute atomic E-state index is 0.317. The minimum Gasteiger partial charge on any atom is -0.480 e. The van der Waals surface area contributed by atoms with E-state index in [9.17, 15) is 14.7 Å². The van der Waals surface area contributed by atoms with Crippen molar-refractivity contribution < 1.29 is 19.2 Å². The summed E-state index contributed by atoms with van der Waals surface area (Å²) in [6, 6.07) is -1.10. The zero-order chi connectivity index (χ0) is 15.4. The molecule has 0 bridgehead atoms. The predicted octanol–water partition coefficient (Wildman–Crippen LogP) is 0.815. The van der Waals surface area contributed by atoms with Crippen LogP contribution >= 0.6 is 0 Å². The first-order chi connectivity index (χ1) is 9.97. The van der Waals surface area contributed by atoms with Crippen molar-refractivity contribution in [2.45, 2.75) is 39.2 Å². The van der Waals surface area contributed by atoms with Gasteiger partial charge in [-0.05, 0) is 18.8 Å². The molecule has 2 atom stereocenters. The number of urea groups is 1. The molecule has 1 aromatic heterocycles. The molecule has 1 aromatic rings. The first kappa shape index (κ1) is 15.3. The fourth-order valence-corrected chi connectivity index (χ4v) is 2.44. The van der Waals surface area contributed by atoms with Crippen LogP contribution in [0, 0.1) is 12.8 Å². The number of aryl methyl sites for hydroxylation is 1. The zero-order valence-corrected chi connectivity index (χ0v) is 12.2. The molecule has 2 rings (SSSR count). The molecule has 0 radical (unpaired) electrons. The lowest BCUT2D eigenvalue weighted by molar-refractivity contribution is -0.143. The number of amides is 2. The van der Waals surface area contributed by atoms with Crippen LogP contribution in [0.4, 0.5) is 4.79 Å². The Morgan fingerprint density at radius 2 is 2.29 bits per heavy atom. The van der Waals surface area contributed by atoms with Crippen LogP contribution in [0.3, 0.4) is 0 Å². The van der Waals surface area contributed by atoms with Gasteiger partial charge in [-0.3, -0.25) is 0 Å². The number of nitrogens with zero attached hydrogens (tertiary/aromatic N) is 3. The topological polar surface area (TPSA) is 109 Å². The zero-order valence-electron chi connectivity index (χ0n) is 12.2. The molecule has 8 nitrogen and oxygen atoms in total. The van der Waals surface area contributed by atoms with Gasteiger partial charge in [0.1, 0.15) is 6.04 Å². The molecule has 2 unspecified atom stereocenters. The third-order valence-electron chi connectivity index (χ3n) is 3.61. The van der Waals surface area contributed by atoms with Crippen LogP contribution in [0.15, 0.2) is 4.52 Å². The Hall–Kier alpha value is -2.12. The third-order valence-corrected chi connectivity index (χ3v) is 3.61. The molecule has 0 aliphatic carbocycles. The molecule has 0 saturated carbocycles. The number of piperidine rings is 1. The number of carbonyl (C=O) groups is 2. The van der Waals surface area contributed by atoms with Gasteiger partial charge < -0.3 is 19.8 Å². The minimum atomic E-state index is -0.953. The second-order valence-corrected chi connectivity index (χ2v) is 5.39. The molecule has 2 amide bonds. The van der Waals surface area contributed by atoms with Crippen LogP contribution in [0.1, 0.15) is 31.5 Å².